The van der Waals surface area contributed by atoms with E-state index < -0.39 is 5.97 Å². The number of esters is 1. The molecule has 1 aromatic carbocycles. The van der Waals surface area contributed by atoms with E-state index in [4.69, 9.17) is 25.8 Å². The number of amides is 1. The Morgan fingerprint density at radius 1 is 1.24 bits per heavy atom. The van der Waals surface area contributed by atoms with Crippen molar-refractivity contribution >= 4 is 23.5 Å². The van der Waals surface area contributed by atoms with Crippen molar-refractivity contribution in [3.8, 4) is 11.5 Å². The predicted molar refractivity (Wildman–Crippen MR) is 78.1 cm³/mol. The van der Waals surface area contributed by atoms with Gasteiger partial charge in [0.05, 0.1) is 25.8 Å². The first-order valence-corrected chi connectivity index (χ1v) is 6.65. The van der Waals surface area contributed by atoms with E-state index in [-0.39, 0.29) is 24.1 Å². The summed E-state index contributed by atoms with van der Waals surface area (Å²) in [6.07, 6.45) is 0. The van der Waals surface area contributed by atoms with Crippen molar-refractivity contribution in [2.24, 2.45) is 0 Å². The van der Waals surface area contributed by atoms with Gasteiger partial charge in [0, 0.05) is 12.6 Å². The van der Waals surface area contributed by atoms with Crippen LogP contribution >= 0.6 is 11.6 Å². The Bertz CT molecular complexity index is 532. The Morgan fingerprint density at radius 2 is 1.90 bits per heavy atom. The van der Waals surface area contributed by atoms with Gasteiger partial charge in [-0.05, 0) is 19.1 Å². The number of likely N-dealkylation sites (N-methyl/N-ethyl adjacent to an activating group) is 1. The molecule has 0 fully saturated rings. The molecule has 0 saturated carbocycles. The number of benzene rings is 1. The molecule has 6 nitrogen and oxygen atoms in total. The Morgan fingerprint density at radius 3 is 2.43 bits per heavy atom. The van der Waals surface area contributed by atoms with Crippen molar-refractivity contribution < 1.29 is 23.8 Å². The molecular weight excluding hydrogens is 298 g/mol. The second-order valence-electron chi connectivity index (χ2n) is 4.16. The molecule has 1 aromatic rings. The number of rotatable bonds is 6. The van der Waals surface area contributed by atoms with Crippen molar-refractivity contribution in [2.75, 3.05) is 34.4 Å². The summed E-state index contributed by atoms with van der Waals surface area (Å²) in [6, 6.07) is 2.97. The molecule has 0 spiro atoms. The summed E-state index contributed by atoms with van der Waals surface area (Å²) in [6.45, 7) is 1.83. The molecule has 21 heavy (non-hydrogen) atoms. The monoisotopic (exact) mass is 315 g/mol. The average molecular weight is 316 g/mol. The standard InChI is InChI=1S/C14H18ClNO5/c1-5-21-12(17)8-16(2)14(18)9-6-10(15)13(20-4)11(7-9)19-3/h6-7H,5,8H2,1-4H3. The van der Waals surface area contributed by atoms with Crippen LogP contribution in [0.3, 0.4) is 0 Å². The van der Waals surface area contributed by atoms with Crippen LogP contribution in [0.15, 0.2) is 12.1 Å². The van der Waals surface area contributed by atoms with Gasteiger partial charge in [-0.25, -0.2) is 0 Å². The quantitative estimate of drug-likeness (QED) is 0.751. The highest BCUT2D eigenvalue weighted by Crippen LogP contribution is 2.36. The van der Waals surface area contributed by atoms with Gasteiger partial charge in [0.15, 0.2) is 11.5 Å². The summed E-state index contributed by atoms with van der Waals surface area (Å²) in [4.78, 5) is 24.9. The van der Waals surface area contributed by atoms with E-state index in [9.17, 15) is 9.59 Å². The van der Waals surface area contributed by atoms with Crippen LogP contribution in [0, 0.1) is 0 Å². The number of hydrogen-bond acceptors (Lipinski definition) is 5. The summed E-state index contributed by atoms with van der Waals surface area (Å²) in [7, 11) is 4.41. The minimum atomic E-state index is -0.472. The Labute approximate surface area is 128 Å². The number of carbonyl (C=O) groups excluding carboxylic acids is 2. The van der Waals surface area contributed by atoms with Gasteiger partial charge in [-0.3, -0.25) is 9.59 Å². The van der Waals surface area contributed by atoms with E-state index in [0.717, 1.165) is 0 Å². The van der Waals surface area contributed by atoms with Crippen molar-refractivity contribution in [3.05, 3.63) is 22.7 Å². The van der Waals surface area contributed by atoms with Crippen molar-refractivity contribution in [1.29, 1.82) is 0 Å². The fourth-order valence-corrected chi connectivity index (χ4v) is 2.02. The zero-order chi connectivity index (χ0) is 16.0. The number of halogens is 1. The molecule has 0 atom stereocenters. The Kier molecular flexibility index (Phi) is 6.30. The molecule has 1 amide bonds. The van der Waals surface area contributed by atoms with E-state index in [1.54, 1.807) is 6.92 Å². The third-order valence-electron chi connectivity index (χ3n) is 2.70. The number of methoxy groups -OCH3 is 2. The van der Waals surface area contributed by atoms with Crippen LogP contribution in [0.4, 0.5) is 0 Å². The predicted octanol–water partition coefficient (Wildman–Crippen LogP) is 1.99. The van der Waals surface area contributed by atoms with Crippen molar-refractivity contribution in [2.45, 2.75) is 6.92 Å². The molecule has 116 valence electrons. The minimum Gasteiger partial charge on any atom is -0.493 e. The number of carbonyl (C=O) groups is 2. The van der Waals surface area contributed by atoms with Gasteiger partial charge >= 0.3 is 5.97 Å². The molecule has 0 saturated heterocycles. The number of nitrogens with zero attached hydrogens (tertiary/aromatic N) is 1. The van der Waals surface area contributed by atoms with Gasteiger partial charge in [0.1, 0.15) is 6.54 Å². The summed E-state index contributed by atoms with van der Waals surface area (Å²) >= 11 is 6.05. The van der Waals surface area contributed by atoms with E-state index >= 15 is 0 Å². The number of ether oxygens (including phenoxy) is 3. The first-order valence-electron chi connectivity index (χ1n) is 6.27. The van der Waals surface area contributed by atoms with Crippen LogP contribution in [0.25, 0.3) is 0 Å². The molecule has 0 heterocycles. The van der Waals surface area contributed by atoms with Crippen LogP contribution in [0.2, 0.25) is 5.02 Å². The molecule has 1 rings (SSSR count). The summed E-state index contributed by atoms with van der Waals surface area (Å²) < 4.78 is 15.0. The van der Waals surface area contributed by atoms with Crippen molar-refractivity contribution in [1.82, 2.24) is 4.90 Å². The molecule has 0 N–H and O–H groups in total. The first-order chi connectivity index (χ1) is 9.94. The number of hydrogen-bond donors (Lipinski definition) is 0. The third kappa shape index (κ3) is 4.26. The average Bonchev–Trinajstić information content (AvgIpc) is 2.45. The molecule has 0 aliphatic heterocycles. The maximum Gasteiger partial charge on any atom is 0.325 e. The van der Waals surface area contributed by atoms with Crippen LogP contribution in [-0.4, -0.2) is 51.2 Å². The highest BCUT2D eigenvalue weighted by Gasteiger charge is 2.19. The lowest BCUT2D eigenvalue weighted by Gasteiger charge is -2.17. The van der Waals surface area contributed by atoms with E-state index in [1.807, 2.05) is 0 Å². The van der Waals surface area contributed by atoms with Gasteiger partial charge in [-0.15, -0.1) is 0 Å². The summed E-state index contributed by atoms with van der Waals surface area (Å²) in [5.41, 5.74) is 0.296. The second kappa shape index (κ2) is 7.73. The third-order valence-corrected chi connectivity index (χ3v) is 2.98. The van der Waals surface area contributed by atoms with E-state index in [0.29, 0.717) is 17.1 Å². The molecule has 0 bridgehead atoms. The fourth-order valence-electron chi connectivity index (χ4n) is 1.73. The van der Waals surface area contributed by atoms with Gasteiger partial charge in [-0.1, -0.05) is 11.6 Å². The van der Waals surface area contributed by atoms with E-state index in [2.05, 4.69) is 0 Å². The largest absolute Gasteiger partial charge is 0.493 e. The van der Waals surface area contributed by atoms with E-state index in [1.165, 1.54) is 38.3 Å². The smallest absolute Gasteiger partial charge is 0.325 e. The first kappa shape index (κ1) is 17.1. The normalized spacial score (nSPS) is 9.95. The lowest BCUT2D eigenvalue weighted by atomic mass is 10.1. The highest BCUT2D eigenvalue weighted by molar-refractivity contribution is 6.32. The van der Waals surface area contributed by atoms with Gasteiger partial charge < -0.3 is 19.1 Å². The molecule has 0 aromatic heterocycles. The maximum absolute atomic E-state index is 12.3. The zero-order valence-electron chi connectivity index (χ0n) is 12.4. The molecule has 7 heteroatoms. The maximum atomic E-state index is 12.3. The highest BCUT2D eigenvalue weighted by atomic mass is 35.5. The van der Waals surface area contributed by atoms with Crippen LogP contribution in [-0.2, 0) is 9.53 Å². The minimum absolute atomic E-state index is 0.140. The van der Waals surface area contributed by atoms with Crippen molar-refractivity contribution in [3.63, 3.8) is 0 Å². The fraction of sp³-hybridized carbons (Fsp3) is 0.429. The second-order valence-corrected chi connectivity index (χ2v) is 4.57. The Hall–Kier alpha value is -1.95. The zero-order valence-corrected chi connectivity index (χ0v) is 13.2. The van der Waals surface area contributed by atoms with Gasteiger partial charge in [-0.2, -0.15) is 0 Å². The summed E-state index contributed by atoms with van der Waals surface area (Å²) in [5.74, 6) is -0.146. The van der Waals surface area contributed by atoms with Gasteiger partial charge in [0.25, 0.3) is 5.91 Å². The molecule has 0 unspecified atom stereocenters. The molecule has 0 aliphatic carbocycles. The van der Waals surface area contributed by atoms with Gasteiger partial charge in [0.2, 0.25) is 0 Å². The lowest BCUT2D eigenvalue weighted by Crippen LogP contribution is -2.33. The molecule has 0 aliphatic rings. The van der Waals surface area contributed by atoms with Crippen LogP contribution < -0.4 is 9.47 Å². The SMILES string of the molecule is CCOC(=O)CN(C)C(=O)c1cc(Cl)c(OC)c(OC)c1. The van der Waals surface area contributed by atoms with Crippen LogP contribution in [0.5, 0.6) is 11.5 Å². The lowest BCUT2D eigenvalue weighted by molar-refractivity contribution is -0.143. The van der Waals surface area contributed by atoms with Crippen LogP contribution in [0.1, 0.15) is 17.3 Å². The summed E-state index contributed by atoms with van der Waals surface area (Å²) in [5, 5.41) is 0.254. The molecule has 0 radical (unpaired) electrons. The topological polar surface area (TPSA) is 65.1 Å². The Balaban J connectivity index is 2.97. The molecular formula is C14H18ClNO5.